The molecule has 2 aromatic rings. The molecule has 0 aliphatic carbocycles. The summed E-state index contributed by atoms with van der Waals surface area (Å²) >= 11 is 0. The smallest absolute Gasteiger partial charge is 0.240 e. The summed E-state index contributed by atoms with van der Waals surface area (Å²) in [5, 5.41) is 0. The first kappa shape index (κ1) is 15.7. The van der Waals surface area contributed by atoms with Crippen molar-refractivity contribution < 1.29 is 17.9 Å². The van der Waals surface area contributed by atoms with E-state index in [-0.39, 0.29) is 23.3 Å². The number of benzene rings is 2. The molecule has 120 valence electrons. The Morgan fingerprint density at radius 2 is 2.00 bits per heavy atom. The molecule has 0 fully saturated rings. The van der Waals surface area contributed by atoms with Crippen molar-refractivity contribution in [3.63, 3.8) is 0 Å². The molecule has 1 N–H and O–H groups in total. The number of sulfonamides is 1. The fourth-order valence-corrected chi connectivity index (χ4v) is 3.65. The Balaban J connectivity index is 1.68. The van der Waals surface area contributed by atoms with Crippen LogP contribution in [0.4, 0.5) is 0 Å². The maximum Gasteiger partial charge on any atom is 0.240 e. The number of Topliss-reactive ketones (excluding diaryl/α,β-unsaturated/α-hetero) is 1. The summed E-state index contributed by atoms with van der Waals surface area (Å²) in [6, 6.07) is 13.7. The first-order chi connectivity index (χ1) is 11.0. The molecule has 1 unspecified atom stereocenters. The van der Waals surface area contributed by atoms with Gasteiger partial charge in [-0.3, -0.25) is 4.79 Å². The molecule has 0 spiro atoms. The summed E-state index contributed by atoms with van der Waals surface area (Å²) in [7, 11) is -3.67. The third kappa shape index (κ3) is 3.43. The van der Waals surface area contributed by atoms with Gasteiger partial charge >= 0.3 is 0 Å². The average molecular weight is 331 g/mol. The van der Waals surface area contributed by atoms with Crippen molar-refractivity contribution in [2.75, 3.05) is 6.54 Å². The Morgan fingerprint density at radius 3 is 2.74 bits per heavy atom. The largest absolute Gasteiger partial charge is 0.488 e. The van der Waals surface area contributed by atoms with Crippen molar-refractivity contribution >= 4 is 15.8 Å². The quantitative estimate of drug-likeness (QED) is 0.852. The van der Waals surface area contributed by atoms with Crippen molar-refractivity contribution in [1.29, 1.82) is 0 Å². The molecule has 5 nitrogen and oxygen atoms in total. The second kappa shape index (κ2) is 6.14. The predicted octanol–water partition coefficient (Wildman–Crippen LogP) is 2.17. The van der Waals surface area contributed by atoms with Crippen LogP contribution in [0.15, 0.2) is 53.4 Å². The van der Waals surface area contributed by atoms with Crippen LogP contribution in [0.2, 0.25) is 0 Å². The van der Waals surface area contributed by atoms with Gasteiger partial charge in [0.1, 0.15) is 11.9 Å². The van der Waals surface area contributed by atoms with E-state index in [9.17, 15) is 13.2 Å². The topological polar surface area (TPSA) is 72.5 Å². The number of hydrogen-bond donors (Lipinski definition) is 1. The van der Waals surface area contributed by atoms with Crippen LogP contribution in [0.5, 0.6) is 5.75 Å². The van der Waals surface area contributed by atoms with E-state index in [1.54, 1.807) is 12.1 Å². The number of para-hydroxylation sites is 1. The fourth-order valence-electron chi connectivity index (χ4n) is 2.54. The second-order valence-electron chi connectivity index (χ2n) is 5.49. The Bertz CT molecular complexity index is 820. The van der Waals surface area contributed by atoms with Gasteiger partial charge in [-0.15, -0.1) is 0 Å². The van der Waals surface area contributed by atoms with Gasteiger partial charge in [-0.05, 0) is 30.7 Å². The highest BCUT2D eigenvalue weighted by Crippen LogP contribution is 2.27. The highest BCUT2D eigenvalue weighted by atomic mass is 32.2. The molecule has 3 rings (SSSR count). The highest BCUT2D eigenvalue weighted by molar-refractivity contribution is 7.89. The SMILES string of the molecule is CC(=O)c1cccc(S(=O)(=O)NCC2Cc3ccccc3O2)c1. The monoisotopic (exact) mass is 331 g/mol. The molecule has 2 aromatic carbocycles. The molecule has 0 radical (unpaired) electrons. The number of ketones is 1. The van der Waals surface area contributed by atoms with Gasteiger partial charge in [0.2, 0.25) is 10.0 Å². The van der Waals surface area contributed by atoms with E-state index < -0.39 is 10.0 Å². The normalized spacial score (nSPS) is 16.7. The number of hydrogen-bond acceptors (Lipinski definition) is 4. The van der Waals surface area contributed by atoms with Crippen molar-refractivity contribution in [3.8, 4) is 5.75 Å². The third-order valence-electron chi connectivity index (χ3n) is 3.77. The van der Waals surface area contributed by atoms with Gasteiger partial charge in [-0.25, -0.2) is 13.1 Å². The zero-order valence-corrected chi connectivity index (χ0v) is 13.5. The van der Waals surface area contributed by atoms with E-state index >= 15 is 0 Å². The summed E-state index contributed by atoms with van der Waals surface area (Å²) in [4.78, 5) is 11.5. The van der Waals surface area contributed by atoms with Crippen LogP contribution in [-0.2, 0) is 16.4 Å². The molecule has 1 atom stereocenters. The van der Waals surface area contributed by atoms with Crippen molar-refractivity contribution in [1.82, 2.24) is 4.72 Å². The third-order valence-corrected chi connectivity index (χ3v) is 5.19. The number of rotatable bonds is 5. The van der Waals surface area contributed by atoms with E-state index in [2.05, 4.69) is 4.72 Å². The molecule has 0 amide bonds. The van der Waals surface area contributed by atoms with E-state index in [0.717, 1.165) is 11.3 Å². The van der Waals surface area contributed by atoms with Gasteiger partial charge in [0.15, 0.2) is 5.78 Å². The van der Waals surface area contributed by atoms with Crippen LogP contribution < -0.4 is 9.46 Å². The lowest BCUT2D eigenvalue weighted by atomic mass is 10.1. The molecule has 0 saturated heterocycles. The van der Waals surface area contributed by atoms with Gasteiger partial charge in [0, 0.05) is 18.5 Å². The minimum atomic E-state index is -3.67. The van der Waals surface area contributed by atoms with Gasteiger partial charge in [0.05, 0.1) is 4.90 Å². The minimum absolute atomic E-state index is 0.0840. The number of ether oxygens (including phenoxy) is 1. The number of fused-ring (bicyclic) bond motifs is 1. The second-order valence-corrected chi connectivity index (χ2v) is 7.25. The van der Waals surface area contributed by atoms with Crippen LogP contribution in [0.25, 0.3) is 0 Å². The summed E-state index contributed by atoms with van der Waals surface area (Å²) < 4.78 is 33.0. The van der Waals surface area contributed by atoms with Gasteiger partial charge in [0.25, 0.3) is 0 Å². The molecule has 6 heteroatoms. The summed E-state index contributed by atoms with van der Waals surface area (Å²) in [5.41, 5.74) is 1.45. The molecule has 0 bridgehead atoms. The summed E-state index contributed by atoms with van der Waals surface area (Å²) in [6.07, 6.45) is 0.449. The van der Waals surface area contributed by atoms with E-state index in [1.807, 2.05) is 24.3 Å². The van der Waals surface area contributed by atoms with E-state index in [1.165, 1.54) is 19.1 Å². The predicted molar refractivity (Wildman–Crippen MR) is 86.2 cm³/mol. The lowest BCUT2D eigenvalue weighted by Crippen LogP contribution is -2.34. The fraction of sp³-hybridized carbons (Fsp3) is 0.235. The molecule has 1 aliphatic heterocycles. The van der Waals surface area contributed by atoms with Crippen molar-refractivity contribution in [2.45, 2.75) is 24.3 Å². The Morgan fingerprint density at radius 1 is 1.22 bits per heavy atom. The lowest BCUT2D eigenvalue weighted by molar-refractivity contribution is 0.101. The molecule has 23 heavy (non-hydrogen) atoms. The average Bonchev–Trinajstić information content (AvgIpc) is 2.96. The lowest BCUT2D eigenvalue weighted by Gasteiger charge is -2.12. The van der Waals surface area contributed by atoms with E-state index in [4.69, 9.17) is 4.74 Å². The van der Waals surface area contributed by atoms with Crippen molar-refractivity contribution in [2.24, 2.45) is 0 Å². The number of nitrogens with one attached hydrogen (secondary N) is 1. The Labute approximate surface area is 135 Å². The molecule has 1 aliphatic rings. The maximum atomic E-state index is 12.4. The first-order valence-electron chi connectivity index (χ1n) is 7.31. The minimum Gasteiger partial charge on any atom is -0.488 e. The standard InChI is InChI=1S/C17H17NO4S/c1-12(19)13-6-4-7-16(10-13)23(20,21)18-11-15-9-14-5-2-3-8-17(14)22-15/h2-8,10,15,18H,9,11H2,1H3. The molecular weight excluding hydrogens is 314 g/mol. The molecule has 0 aromatic heterocycles. The van der Waals surface area contributed by atoms with Crippen LogP contribution in [0.1, 0.15) is 22.8 Å². The van der Waals surface area contributed by atoms with Crippen LogP contribution in [0, 0.1) is 0 Å². The van der Waals surface area contributed by atoms with Crippen LogP contribution in [0.3, 0.4) is 0 Å². The molecule has 0 saturated carbocycles. The number of carbonyl (C=O) groups excluding carboxylic acids is 1. The molecule has 1 heterocycles. The van der Waals surface area contributed by atoms with Gasteiger partial charge in [-0.2, -0.15) is 0 Å². The zero-order chi connectivity index (χ0) is 16.4. The Hall–Kier alpha value is -2.18. The zero-order valence-electron chi connectivity index (χ0n) is 12.7. The van der Waals surface area contributed by atoms with Crippen molar-refractivity contribution in [3.05, 3.63) is 59.7 Å². The highest BCUT2D eigenvalue weighted by Gasteiger charge is 2.24. The number of carbonyl (C=O) groups is 1. The molecular formula is C17H17NO4S. The van der Waals surface area contributed by atoms with Gasteiger partial charge in [-0.1, -0.05) is 30.3 Å². The van der Waals surface area contributed by atoms with Crippen LogP contribution in [-0.4, -0.2) is 26.8 Å². The summed E-state index contributed by atoms with van der Waals surface area (Å²) in [6.45, 7) is 1.59. The summed E-state index contributed by atoms with van der Waals surface area (Å²) in [5.74, 6) is 0.631. The van der Waals surface area contributed by atoms with Gasteiger partial charge < -0.3 is 4.74 Å². The maximum absolute atomic E-state index is 12.4. The van der Waals surface area contributed by atoms with Crippen LogP contribution >= 0.6 is 0 Å². The first-order valence-corrected chi connectivity index (χ1v) is 8.79. The Kier molecular flexibility index (Phi) is 4.19. The van der Waals surface area contributed by atoms with E-state index in [0.29, 0.717) is 12.0 Å².